The van der Waals surface area contributed by atoms with Gasteiger partial charge < -0.3 is 14.8 Å². The fraction of sp³-hybridized carbons (Fsp3) is 0.211. The molecule has 0 unspecified atom stereocenters. The van der Waals surface area contributed by atoms with Gasteiger partial charge >= 0.3 is 0 Å². The van der Waals surface area contributed by atoms with E-state index in [1.165, 1.54) is 0 Å². The van der Waals surface area contributed by atoms with E-state index < -0.39 is 0 Å². The average Bonchev–Trinajstić information content (AvgIpc) is 3.11. The number of benzene rings is 1. The fourth-order valence-corrected chi connectivity index (χ4v) is 2.51. The molecule has 7 heteroatoms. The van der Waals surface area contributed by atoms with E-state index >= 15 is 0 Å². The number of pyridine rings is 1. The molecule has 2 aromatic heterocycles. The molecule has 2 heterocycles. The minimum Gasteiger partial charge on any atom is -0.493 e. The standard InChI is InChI=1S/C19H20N4O3/c1-23-12-15(11-22-23)19-14(6-5-9-20-19)10-21-18(24)13-26-17-8-4-3-7-16(17)25-2/h3-9,11-12H,10,13H2,1-2H3,(H,21,24). The van der Waals surface area contributed by atoms with Crippen LogP contribution in [0.25, 0.3) is 11.3 Å². The zero-order chi connectivity index (χ0) is 18.4. The molecule has 0 saturated heterocycles. The highest BCUT2D eigenvalue weighted by molar-refractivity contribution is 5.78. The third-order valence-electron chi connectivity index (χ3n) is 3.77. The number of carbonyl (C=O) groups excluding carboxylic acids is 1. The van der Waals surface area contributed by atoms with Gasteiger partial charge in [-0.15, -0.1) is 0 Å². The summed E-state index contributed by atoms with van der Waals surface area (Å²) in [5, 5.41) is 7.02. The molecule has 1 N–H and O–H groups in total. The second kappa shape index (κ2) is 8.15. The van der Waals surface area contributed by atoms with E-state index in [9.17, 15) is 4.79 Å². The number of hydrogen-bond acceptors (Lipinski definition) is 5. The summed E-state index contributed by atoms with van der Waals surface area (Å²) in [5.74, 6) is 0.894. The highest BCUT2D eigenvalue weighted by atomic mass is 16.5. The van der Waals surface area contributed by atoms with Crippen LogP contribution in [0.5, 0.6) is 11.5 Å². The van der Waals surface area contributed by atoms with E-state index in [0.29, 0.717) is 18.0 Å². The van der Waals surface area contributed by atoms with Crippen molar-refractivity contribution in [2.75, 3.05) is 13.7 Å². The second-order valence-electron chi connectivity index (χ2n) is 5.63. The first kappa shape index (κ1) is 17.5. The first-order valence-electron chi connectivity index (χ1n) is 8.13. The highest BCUT2D eigenvalue weighted by Gasteiger charge is 2.11. The topological polar surface area (TPSA) is 78.3 Å². The molecule has 134 valence electrons. The molecule has 3 rings (SSSR count). The smallest absolute Gasteiger partial charge is 0.258 e. The number of hydrogen-bond donors (Lipinski definition) is 1. The third-order valence-corrected chi connectivity index (χ3v) is 3.77. The van der Waals surface area contributed by atoms with E-state index in [0.717, 1.165) is 16.8 Å². The predicted octanol–water partition coefficient (Wildman–Crippen LogP) is 2.19. The Balaban J connectivity index is 1.60. The van der Waals surface area contributed by atoms with Crippen LogP contribution in [0.4, 0.5) is 0 Å². The Morgan fingerprint density at radius 1 is 1.19 bits per heavy atom. The minimum absolute atomic E-state index is 0.0944. The lowest BCUT2D eigenvalue weighted by Gasteiger charge is -2.11. The largest absolute Gasteiger partial charge is 0.493 e. The molecule has 0 fully saturated rings. The molecule has 0 aliphatic carbocycles. The molecule has 7 nitrogen and oxygen atoms in total. The lowest BCUT2D eigenvalue weighted by molar-refractivity contribution is -0.123. The van der Waals surface area contributed by atoms with Crippen molar-refractivity contribution in [3.8, 4) is 22.8 Å². The summed E-state index contributed by atoms with van der Waals surface area (Å²) in [4.78, 5) is 16.5. The molecule has 0 saturated carbocycles. The molecule has 0 atom stereocenters. The van der Waals surface area contributed by atoms with Crippen LogP contribution in [0.1, 0.15) is 5.56 Å². The number of aromatic nitrogens is 3. The molecule has 0 aliphatic heterocycles. The maximum Gasteiger partial charge on any atom is 0.258 e. The lowest BCUT2D eigenvalue weighted by atomic mass is 10.1. The van der Waals surface area contributed by atoms with Gasteiger partial charge in [-0.05, 0) is 23.8 Å². The number of nitrogens with one attached hydrogen (secondary N) is 1. The van der Waals surface area contributed by atoms with Crippen molar-refractivity contribution in [3.05, 3.63) is 60.6 Å². The molecule has 1 amide bonds. The zero-order valence-electron chi connectivity index (χ0n) is 14.7. The number of ether oxygens (including phenoxy) is 2. The Labute approximate surface area is 151 Å². The third kappa shape index (κ3) is 4.18. The van der Waals surface area contributed by atoms with Gasteiger partial charge in [-0.25, -0.2) is 0 Å². The average molecular weight is 352 g/mol. The van der Waals surface area contributed by atoms with Gasteiger partial charge in [0, 0.05) is 31.5 Å². The number of rotatable bonds is 7. The van der Waals surface area contributed by atoms with Crippen molar-refractivity contribution in [3.63, 3.8) is 0 Å². The Hall–Kier alpha value is -3.35. The molecular weight excluding hydrogens is 332 g/mol. The second-order valence-corrected chi connectivity index (χ2v) is 5.63. The number of nitrogens with zero attached hydrogens (tertiary/aromatic N) is 3. The highest BCUT2D eigenvalue weighted by Crippen LogP contribution is 2.25. The molecule has 0 radical (unpaired) electrons. The van der Waals surface area contributed by atoms with Crippen molar-refractivity contribution in [2.45, 2.75) is 6.54 Å². The van der Waals surface area contributed by atoms with Gasteiger partial charge in [0.15, 0.2) is 18.1 Å². The van der Waals surface area contributed by atoms with Gasteiger partial charge in [-0.2, -0.15) is 5.10 Å². The monoisotopic (exact) mass is 352 g/mol. The SMILES string of the molecule is COc1ccccc1OCC(=O)NCc1cccnc1-c1cnn(C)c1. The summed E-state index contributed by atoms with van der Waals surface area (Å²) in [7, 11) is 3.41. The minimum atomic E-state index is -0.225. The fourth-order valence-electron chi connectivity index (χ4n) is 2.51. The van der Waals surface area contributed by atoms with Gasteiger partial charge in [0.25, 0.3) is 5.91 Å². The van der Waals surface area contributed by atoms with Crippen LogP contribution in [0, 0.1) is 0 Å². The van der Waals surface area contributed by atoms with Crippen LogP contribution in [0.2, 0.25) is 0 Å². The van der Waals surface area contributed by atoms with Gasteiger partial charge in [-0.3, -0.25) is 14.5 Å². The Kier molecular flexibility index (Phi) is 5.48. The normalized spacial score (nSPS) is 10.4. The number of aryl methyl sites for hydroxylation is 1. The Bertz CT molecular complexity index is 892. The maximum absolute atomic E-state index is 12.1. The number of para-hydroxylation sites is 2. The molecule has 26 heavy (non-hydrogen) atoms. The molecular formula is C19H20N4O3. The van der Waals surface area contributed by atoms with Crippen molar-refractivity contribution in [1.82, 2.24) is 20.1 Å². The quantitative estimate of drug-likeness (QED) is 0.705. The summed E-state index contributed by atoms with van der Waals surface area (Å²) in [6.07, 6.45) is 5.36. The molecule has 3 aromatic rings. The van der Waals surface area contributed by atoms with Gasteiger partial charge in [0.2, 0.25) is 0 Å². The molecule has 1 aromatic carbocycles. The van der Waals surface area contributed by atoms with E-state index in [-0.39, 0.29) is 12.5 Å². The first-order valence-corrected chi connectivity index (χ1v) is 8.13. The van der Waals surface area contributed by atoms with Crippen LogP contribution >= 0.6 is 0 Å². The molecule has 0 aliphatic rings. The molecule has 0 spiro atoms. The number of amides is 1. The summed E-state index contributed by atoms with van der Waals surface area (Å²) in [6.45, 7) is 0.259. The Morgan fingerprint density at radius 2 is 2.00 bits per heavy atom. The van der Waals surface area contributed by atoms with Gasteiger partial charge in [0.05, 0.1) is 19.0 Å². The predicted molar refractivity (Wildman–Crippen MR) is 96.8 cm³/mol. The zero-order valence-corrected chi connectivity index (χ0v) is 14.7. The van der Waals surface area contributed by atoms with Crippen LogP contribution in [0.15, 0.2) is 55.0 Å². The Morgan fingerprint density at radius 3 is 2.73 bits per heavy atom. The van der Waals surface area contributed by atoms with Crippen LogP contribution in [-0.4, -0.2) is 34.4 Å². The lowest BCUT2D eigenvalue weighted by Crippen LogP contribution is -2.28. The van der Waals surface area contributed by atoms with Gasteiger partial charge in [0.1, 0.15) is 0 Å². The van der Waals surface area contributed by atoms with E-state index in [1.807, 2.05) is 37.5 Å². The van der Waals surface area contributed by atoms with Crippen LogP contribution in [-0.2, 0) is 18.4 Å². The summed E-state index contributed by atoms with van der Waals surface area (Å²) in [6, 6.07) is 11.0. The maximum atomic E-state index is 12.1. The van der Waals surface area contributed by atoms with E-state index in [4.69, 9.17) is 9.47 Å². The van der Waals surface area contributed by atoms with Crippen LogP contribution in [0.3, 0.4) is 0 Å². The van der Waals surface area contributed by atoms with Crippen molar-refractivity contribution in [2.24, 2.45) is 7.05 Å². The van der Waals surface area contributed by atoms with Crippen molar-refractivity contribution >= 4 is 5.91 Å². The van der Waals surface area contributed by atoms with Gasteiger partial charge in [-0.1, -0.05) is 18.2 Å². The summed E-state index contributed by atoms with van der Waals surface area (Å²) in [5.41, 5.74) is 2.61. The van der Waals surface area contributed by atoms with E-state index in [2.05, 4.69) is 15.4 Å². The summed E-state index contributed by atoms with van der Waals surface area (Å²) < 4.78 is 12.4. The summed E-state index contributed by atoms with van der Waals surface area (Å²) >= 11 is 0. The van der Waals surface area contributed by atoms with E-state index in [1.54, 1.807) is 36.3 Å². The van der Waals surface area contributed by atoms with Crippen molar-refractivity contribution < 1.29 is 14.3 Å². The van der Waals surface area contributed by atoms with Crippen LogP contribution < -0.4 is 14.8 Å². The molecule has 0 bridgehead atoms. The number of carbonyl (C=O) groups is 1. The van der Waals surface area contributed by atoms with Crippen molar-refractivity contribution in [1.29, 1.82) is 0 Å². The first-order chi connectivity index (χ1) is 12.7. The number of methoxy groups -OCH3 is 1.